The van der Waals surface area contributed by atoms with Crippen LogP contribution in [0.3, 0.4) is 0 Å². The largest absolute Gasteiger partial charge is 0.354 e. The van der Waals surface area contributed by atoms with Crippen LogP contribution < -0.4 is 10.6 Å². The van der Waals surface area contributed by atoms with Crippen LogP contribution in [0, 0.1) is 5.92 Å². The van der Waals surface area contributed by atoms with Gasteiger partial charge in [0.15, 0.2) is 0 Å². The minimum absolute atomic E-state index is 0.0307. The minimum Gasteiger partial charge on any atom is -0.354 e. The molecule has 1 aromatic heterocycles. The third kappa shape index (κ3) is 5.44. The number of aryl methyl sites for hydroxylation is 1. The second kappa shape index (κ2) is 9.69. The first kappa shape index (κ1) is 21.0. The predicted octanol–water partition coefficient (Wildman–Crippen LogP) is 3.83. The number of nitrogens with one attached hydrogen (secondary N) is 3. The fourth-order valence-electron chi connectivity index (χ4n) is 3.10. The number of rotatable bonds is 8. The summed E-state index contributed by atoms with van der Waals surface area (Å²) in [6, 6.07) is 14.5. The molecule has 7 heteroatoms. The fraction of sp³-hybridized carbons (Fsp3) is 0.318. The highest BCUT2D eigenvalue weighted by molar-refractivity contribution is 9.10. The topological polar surface area (TPSA) is 86.9 Å². The molecule has 0 aliphatic rings. The van der Waals surface area contributed by atoms with Crippen LogP contribution >= 0.6 is 15.9 Å². The predicted molar refractivity (Wildman–Crippen MR) is 118 cm³/mol. The Morgan fingerprint density at radius 2 is 1.83 bits per heavy atom. The van der Waals surface area contributed by atoms with Gasteiger partial charge in [-0.15, -0.1) is 0 Å². The molecule has 0 saturated heterocycles. The Hall–Kier alpha value is -2.67. The first-order valence-corrected chi connectivity index (χ1v) is 10.5. The standard InChI is InChI=1S/C22H25BrN4O2/c1-14(2)20(27-21(28)15-8-3-4-9-16(15)23)22(29)24-13-7-12-19-25-17-10-5-6-11-18(17)26-19/h3-6,8-11,14,20H,7,12-13H2,1-2H3,(H,24,29)(H,25,26)(H,27,28)/t20-/m0/s1. The number of aromatic amines is 1. The first-order valence-electron chi connectivity index (χ1n) is 9.72. The molecule has 2 amide bonds. The quantitative estimate of drug-likeness (QED) is 0.450. The molecule has 1 heterocycles. The van der Waals surface area contributed by atoms with Gasteiger partial charge < -0.3 is 15.6 Å². The molecule has 29 heavy (non-hydrogen) atoms. The first-order chi connectivity index (χ1) is 14.0. The molecule has 0 aliphatic heterocycles. The SMILES string of the molecule is CC(C)[C@H](NC(=O)c1ccccc1Br)C(=O)NCCCc1nc2ccccc2[nH]1. The average Bonchev–Trinajstić information content (AvgIpc) is 3.12. The summed E-state index contributed by atoms with van der Waals surface area (Å²) in [5.74, 6) is 0.429. The third-order valence-corrected chi connectivity index (χ3v) is 5.37. The van der Waals surface area contributed by atoms with Crippen molar-refractivity contribution in [2.75, 3.05) is 6.54 Å². The van der Waals surface area contributed by atoms with Gasteiger partial charge >= 0.3 is 0 Å². The zero-order valence-corrected chi connectivity index (χ0v) is 18.1. The van der Waals surface area contributed by atoms with Crippen LogP contribution in [-0.2, 0) is 11.2 Å². The van der Waals surface area contributed by atoms with E-state index in [0.717, 1.165) is 29.7 Å². The van der Waals surface area contributed by atoms with Gasteiger partial charge in [-0.3, -0.25) is 9.59 Å². The van der Waals surface area contributed by atoms with Gasteiger partial charge in [-0.2, -0.15) is 0 Å². The van der Waals surface area contributed by atoms with E-state index in [-0.39, 0.29) is 17.7 Å². The van der Waals surface area contributed by atoms with Crippen LogP contribution in [0.2, 0.25) is 0 Å². The summed E-state index contributed by atoms with van der Waals surface area (Å²) >= 11 is 3.38. The molecule has 2 aromatic carbocycles. The second-order valence-corrected chi connectivity index (χ2v) is 8.12. The lowest BCUT2D eigenvalue weighted by Gasteiger charge is -2.22. The highest BCUT2D eigenvalue weighted by Crippen LogP contribution is 2.16. The summed E-state index contributed by atoms with van der Waals surface area (Å²) in [6.07, 6.45) is 1.50. The van der Waals surface area contributed by atoms with Crippen LogP contribution in [0.1, 0.15) is 36.5 Å². The molecule has 152 valence electrons. The lowest BCUT2D eigenvalue weighted by atomic mass is 10.0. The van der Waals surface area contributed by atoms with E-state index in [0.29, 0.717) is 16.6 Å². The van der Waals surface area contributed by atoms with Gasteiger partial charge in [-0.25, -0.2) is 4.98 Å². The van der Waals surface area contributed by atoms with E-state index in [2.05, 4.69) is 36.5 Å². The number of H-pyrrole nitrogens is 1. The van der Waals surface area contributed by atoms with Gasteiger partial charge in [0.1, 0.15) is 11.9 Å². The number of benzene rings is 2. The summed E-state index contributed by atoms with van der Waals surface area (Å²) in [7, 11) is 0. The van der Waals surface area contributed by atoms with Crippen molar-refractivity contribution >= 4 is 38.8 Å². The van der Waals surface area contributed by atoms with Crippen LogP contribution in [0.25, 0.3) is 11.0 Å². The Morgan fingerprint density at radius 3 is 2.55 bits per heavy atom. The molecule has 6 nitrogen and oxygen atoms in total. The van der Waals surface area contributed by atoms with Crippen molar-refractivity contribution in [1.82, 2.24) is 20.6 Å². The lowest BCUT2D eigenvalue weighted by molar-refractivity contribution is -0.123. The van der Waals surface area contributed by atoms with E-state index < -0.39 is 6.04 Å². The molecular formula is C22H25BrN4O2. The Bertz CT molecular complexity index is 966. The molecule has 0 unspecified atom stereocenters. The van der Waals surface area contributed by atoms with E-state index in [9.17, 15) is 9.59 Å². The number of nitrogens with zero attached hydrogens (tertiary/aromatic N) is 1. The second-order valence-electron chi connectivity index (χ2n) is 7.27. The van der Waals surface area contributed by atoms with Crippen molar-refractivity contribution in [3.8, 4) is 0 Å². The molecule has 3 N–H and O–H groups in total. The minimum atomic E-state index is -0.596. The van der Waals surface area contributed by atoms with Crippen molar-refractivity contribution in [2.45, 2.75) is 32.7 Å². The van der Waals surface area contributed by atoms with Crippen LogP contribution in [0.15, 0.2) is 53.0 Å². The summed E-state index contributed by atoms with van der Waals surface area (Å²) < 4.78 is 0.700. The maximum atomic E-state index is 12.6. The van der Waals surface area contributed by atoms with Crippen molar-refractivity contribution in [3.05, 3.63) is 64.4 Å². The number of carbonyl (C=O) groups is 2. The normalized spacial score (nSPS) is 12.1. The monoisotopic (exact) mass is 456 g/mol. The maximum absolute atomic E-state index is 12.6. The van der Waals surface area contributed by atoms with Gasteiger partial charge in [-0.05, 0) is 52.5 Å². The molecule has 0 radical (unpaired) electrons. The number of para-hydroxylation sites is 2. The zero-order chi connectivity index (χ0) is 20.8. The highest BCUT2D eigenvalue weighted by Gasteiger charge is 2.25. The molecule has 0 bridgehead atoms. The maximum Gasteiger partial charge on any atom is 0.253 e. The van der Waals surface area contributed by atoms with E-state index in [1.165, 1.54) is 0 Å². The smallest absolute Gasteiger partial charge is 0.253 e. The molecule has 3 rings (SSSR count). The lowest BCUT2D eigenvalue weighted by Crippen LogP contribution is -2.50. The van der Waals surface area contributed by atoms with Crippen LogP contribution in [0.4, 0.5) is 0 Å². The van der Waals surface area contributed by atoms with Gasteiger partial charge in [0.2, 0.25) is 5.91 Å². The van der Waals surface area contributed by atoms with Gasteiger partial charge in [0, 0.05) is 17.4 Å². The summed E-state index contributed by atoms with van der Waals surface area (Å²) in [4.78, 5) is 33.0. The van der Waals surface area contributed by atoms with E-state index in [1.807, 2.05) is 44.2 Å². The van der Waals surface area contributed by atoms with Gasteiger partial charge in [0.05, 0.1) is 16.6 Å². The Morgan fingerprint density at radius 1 is 1.10 bits per heavy atom. The van der Waals surface area contributed by atoms with E-state index in [1.54, 1.807) is 18.2 Å². The van der Waals surface area contributed by atoms with Crippen LogP contribution in [0.5, 0.6) is 0 Å². The van der Waals surface area contributed by atoms with Crippen molar-refractivity contribution in [3.63, 3.8) is 0 Å². The number of halogens is 1. The molecule has 0 spiro atoms. The van der Waals surface area contributed by atoms with Crippen LogP contribution in [-0.4, -0.2) is 34.4 Å². The number of imidazole rings is 1. The number of amides is 2. The molecule has 0 fully saturated rings. The van der Waals surface area contributed by atoms with Gasteiger partial charge in [0.25, 0.3) is 5.91 Å². The molecule has 0 saturated carbocycles. The Kier molecular flexibility index (Phi) is 7.04. The number of hydrogen-bond acceptors (Lipinski definition) is 3. The highest BCUT2D eigenvalue weighted by atomic mass is 79.9. The zero-order valence-electron chi connectivity index (χ0n) is 16.5. The van der Waals surface area contributed by atoms with Gasteiger partial charge in [-0.1, -0.05) is 38.1 Å². The number of carbonyl (C=O) groups excluding carboxylic acids is 2. The fourth-order valence-corrected chi connectivity index (χ4v) is 3.57. The van der Waals surface area contributed by atoms with E-state index in [4.69, 9.17) is 0 Å². The molecule has 1 atom stereocenters. The molecular weight excluding hydrogens is 432 g/mol. The Balaban J connectivity index is 1.51. The van der Waals surface area contributed by atoms with E-state index >= 15 is 0 Å². The molecule has 3 aromatic rings. The van der Waals surface area contributed by atoms with Crippen molar-refractivity contribution in [2.24, 2.45) is 5.92 Å². The number of hydrogen-bond donors (Lipinski definition) is 3. The Labute approximate surface area is 178 Å². The average molecular weight is 457 g/mol. The summed E-state index contributed by atoms with van der Waals surface area (Å²) in [5, 5.41) is 5.78. The van der Waals surface area contributed by atoms with Crippen molar-refractivity contribution < 1.29 is 9.59 Å². The molecule has 0 aliphatic carbocycles. The summed E-state index contributed by atoms with van der Waals surface area (Å²) in [5.41, 5.74) is 2.47. The third-order valence-electron chi connectivity index (χ3n) is 4.68. The summed E-state index contributed by atoms with van der Waals surface area (Å²) in [6.45, 7) is 4.35. The number of aromatic nitrogens is 2. The number of fused-ring (bicyclic) bond motifs is 1. The van der Waals surface area contributed by atoms with Crippen molar-refractivity contribution in [1.29, 1.82) is 0 Å².